The number of ether oxygens (including phenoxy) is 1. The number of carboxylic acids is 1. The first-order chi connectivity index (χ1) is 14.9. The van der Waals surface area contributed by atoms with E-state index < -0.39 is 12.0 Å². The minimum atomic E-state index is -1.04. The number of carboxylic acid groups (broad SMARTS) is 1. The highest BCUT2D eigenvalue weighted by Crippen LogP contribution is 2.35. The van der Waals surface area contributed by atoms with Gasteiger partial charge in [0.2, 0.25) is 0 Å². The van der Waals surface area contributed by atoms with Gasteiger partial charge in [0.1, 0.15) is 17.5 Å². The predicted molar refractivity (Wildman–Crippen MR) is 127 cm³/mol. The van der Waals surface area contributed by atoms with Gasteiger partial charge in [-0.2, -0.15) is 0 Å². The maximum Gasteiger partial charge on any atom is 0.320 e. The summed E-state index contributed by atoms with van der Waals surface area (Å²) in [6.07, 6.45) is 2.00. The summed E-state index contributed by atoms with van der Waals surface area (Å²) in [7, 11) is 0. The molecular formula is C24H20Cl2N2O4. The van der Waals surface area contributed by atoms with Crippen LogP contribution < -0.4 is 15.8 Å². The van der Waals surface area contributed by atoms with Crippen LogP contribution >= 0.6 is 24.0 Å². The molecule has 0 spiro atoms. The molecule has 0 fully saturated rings. The van der Waals surface area contributed by atoms with Gasteiger partial charge in [0.25, 0.3) is 5.91 Å². The quantitative estimate of drug-likeness (QED) is 0.439. The number of hydrogen-bond donors (Lipinski definition) is 3. The largest absolute Gasteiger partial charge is 0.480 e. The van der Waals surface area contributed by atoms with Crippen LogP contribution in [0.5, 0.6) is 11.5 Å². The maximum absolute atomic E-state index is 12.3. The van der Waals surface area contributed by atoms with Gasteiger partial charge in [-0.25, -0.2) is 0 Å². The van der Waals surface area contributed by atoms with Crippen molar-refractivity contribution in [3.8, 4) is 11.5 Å². The Kier molecular flexibility index (Phi) is 7.20. The lowest BCUT2D eigenvalue weighted by Crippen LogP contribution is -2.32. The van der Waals surface area contributed by atoms with E-state index in [4.69, 9.17) is 27.2 Å². The summed E-state index contributed by atoms with van der Waals surface area (Å²) >= 11 is 6.44. The zero-order valence-corrected chi connectivity index (χ0v) is 18.3. The van der Waals surface area contributed by atoms with Gasteiger partial charge in [-0.05, 0) is 60.0 Å². The van der Waals surface area contributed by atoms with Crippen LogP contribution in [-0.2, 0) is 16.0 Å². The predicted octanol–water partition coefficient (Wildman–Crippen LogP) is 5.00. The lowest BCUT2D eigenvalue weighted by Gasteiger charge is -2.10. The van der Waals surface area contributed by atoms with Crippen molar-refractivity contribution in [1.29, 1.82) is 0 Å². The van der Waals surface area contributed by atoms with Gasteiger partial charge in [0, 0.05) is 16.8 Å². The van der Waals surface area contributed by atoms with E-state index in [1.807, 2.05) is 24.3 Å². The van der Waals surface area contributed by atoms with E-state index in [0.29, 0.717) is 27.7 Å². The average molecular weight is 471 g/mol. The van der Waals surface area contributed by atoms with Crippen LogP contribution in [0.1, 0.15) is 16.7 Å². The SMILES string of the molecule is Cl.N[C@@H](Cc1ccc(Oc2ccc(/C=C3\C(=O)Nc4ccccc43)c(Cl)c2)cc1)C(=O)O. The van der Waals surface area contributed by atoms with E-state index in [1.165, 1.54) is 0 Å². The fourth-order valence-corrected chi connectivity index (χ4v) is 3.52. The normalized spacial score (nSPS) is 14.3. The molecule has 1 atom stereocenters. The number of nitrogens with two attached hydrogens (primary N) is 1. The molecule has 6 nitrogen and oxygen atoms in total. The van der Waals surface area contributed by atoms with E-state index in [-0.39, 0.29) is 24.7 Å². The summed E-state index contributed by atoms with van der Waals surface area (Å²) in [5.74, 6) is -0.0822. The molecule has 4 rings (SSSR count). The van der Waals surface area contributed by atoms with E-state index >= 15 is 0 Å². The number of nitrogens with one attached hydrogen (secondary N) is 1. The van der Waals surface area contributed by atoms with Gasteiger partial charge >= 0.3 is 5.97 Å². The van der Waals surface area contributed by atoms with Crippen molar-refractivity contribution < 1.29 is 19.4 Å². The van der Waals surface area contributed by atoms with Crippen LogP contribution in [0.15, 0.2) is 66.7 Å². The minimum absolute atomic E-state index is 0. The lowest BCUT2D eigenvalue weighted by atomic mass is 10.0. The Hall–Kier alpha value is -3.32. The number of aliphatic carboxylic acids is 1. The summed E-state index contributed by atoms with van der Waals surface area (Å²) in [6, 6.07) is 18.8. The molecule has 0 saturated carbocycles. The number of rotatable bonds is 6. The molecule has 1 amide bonds. The van der Waals surface area contributed by atoms with Crippen molar-refractivity contribution >= 4 is 53.2 Å². The number of hydrogen-bond acceptors (Lipinski definition) is 4. The molecule has 1 heterocycles. The van der Waals surface area contributed by atoms with Crippen LogP contribution in [0.25, 0.3) is 11.6 Å². The van der Waals surface area contributed by atoms with E-state index in [0.717, 1.165) is 16.8 Å². The second-order valence-electron chi connectivity index (χ2n) is 7.14. The van der Waals surface area contributed by atoms with Crippen LogP contribution in [0.4, 0.5) is 5.69 Å². The maximum atomic E-state index is 12.3. The second-order valence-corrected chi connectivity index (χ2v) is 7.54. The number of amides is 1. The molecule has 0 saturated heterocycles. The number of carbonyl (C=O) groups is 2. The van der Waals surface area contributed by atoms with Crippen molar-refractivity contribution in [2.75, 3.05) is 5.32 Å². The van der Waals surface area contributed by atoms with Crippen molar-refractivity contribution in [3.05, 3.63) is 88.4 Å². The molecule has 1 aliphatic heterocycles. The Morgan fingerprint density at radius 2 is 1.78 bits per heavy atom. The van der Waals surface area contributed by atoms with Gasteiger partial charge in [-0.15, -0.1) is 12.4 Å². The highest BCUT2D eigenvalue weighted by atomic mass is 35.5. The third kappa shape index (κ3) is 5.11. The van der Waals surface area contributed by atoms with Crippen molar-refractivity contribution in [3.63, 3.8) is 0 Å². The Morgan fingerprint density at radius 3 is 2.47 bits per heavy atom. The van der Waals surface area contributed by atoms with Crippen molar-refractivity contribution in [2.24, 2.45) is 5.73 Å². The van der Waals surface area contributed by atoms with Gasteiger partial charge in [0.05, 0.1) is 5.02 Å². The fourth-order valence-electron chi connectivity index (χ4n) is 3.30. The van der Waals surface area contributed by atoms with Gasteiger partial charge in [-0.1, -0.05) is 41.9 Å². The number of carbonyl (C=O) groups excluding carboxylic acids is 1. The molecule has 164 valence electrons. The zero-order chi connectivity index (χ0) is 22.0. The molecule has 0 bridgehead atoms. The van der Waals surface area contributed by atoms with Crippen LogP contribution in [0.3, 0.4) is 0 Å². The first-order valence-corrected chi connectivity index (χ1v) is 9.95. The summed E-state index contributed by atoms with van der Waals surface area (Å²) < 4.78 is 5.84. The van der Waals surface area contributed by atoms with Gasteiger partial charge < -0.3 is 20.9 Å². The molecule has 3 aromatic carbocycles. The summed E-state index contributed by atoms with van der Waals surface area (Å²) in [5, 5.41) is 12.2. The highest BCUT2D eigenvalue weighted by molar-refractivity contribution is 6.37. The Morgan fingerprint density at radius 1 is 1.09 bits per heavy atom. The molecule has 4 N–H and O–H groups in total. The highest BCUT2D eigenvalue weighted by Gasteiger charge is 2.23. The monoisotopic (exact) mass is 470 g/mol. The summed E-state index contributed by atoms with van der Waals surface area (Å²) in [6.45, 7) is 0. The smallest absolute Gasteiger partial charge is 0.320 e. The minimum Gasteiger partial charge on any atom is -0.480 e. The first kappa shape index (κ1) is 23.3. The zero-order valence-electron chi connectivity index (χ0n) is 16.7. The fraction of sp³-hybridized carbons (Fsp3) is 0.0833. The van der Waals surface area contributed by atoms with Crippen molar-refractivity contribution in [1.82, 2.24) is 0 Å². The van der Waals surface area contributed by atoms with E-state index in [2.05, 4.69) is 5.32 Å². The molecule has 8 heteroatoms. The topological polar surface area (TPSA) is 102 Å². The Labute approximate surface area is 196 Å². The van der Waals surface area contributed by atoms with Gasteiger partial charge in [0.15, 0.2) is 0 Å². The summed E-state index contributed by atoms with van der Waals surface area (Å²) in [5.41, 5.74) is 9.24. The lowest BCUT2D eigenvalue weighted by molar-refractivity contribution is -0.138. The standard InChI is InChI=1S/C24H19ClN2O4.ClH/c25-20-13-17(31-16-8-5-14(6-9-16)11-21(26)24(29)30)10-7-15(20)12-19-18-3-1-2-4-22(18)27-23(19)28;/h1-10,12-13,21H,11,26H2,(H,27,28)(H,29,30);1H/b19-12-;/t21-;/m0./s1. The number of para-hydroxylation sites is 1. The third-order valence-electron chi connectivity index (χ3n) is 4.91. The molecule has 0 unspecified atom stereocenters. The molecule has 3 aromatic rings. The summed E-state index contributed by atoms with van der Waals surface area (Å²) in [4.78, 5) is 23.2. The first-order valence-electron chi connectivity index (χ1n) is 9.58. The van der Waals surface area contributed by atoms with Gasteiger partial charge in [-0.3, -0.25) is 9.59 Å². The number of anilines is 1. The average Bonchev–Trinajstić information content (AvgIpc) is 3.06. The second kappa shape index (κ2) is 9.87. The molecule has 32 heavy (non-hydrogen) atoms. The molecule has 0 radical (unpaired) electrons. The molecule has 0 aromatic heterocycles. The third-order valence-corrected chi connectivity index (χ3v) is 5.24. The van der Waals surface area contributed by atoms with Crippen molar-refractivity contribution in [2.45, 2.75) is 12.5 Å². The number of halogens is 2. The van der Waals surface area contributed by atoms with E-state index in [1.54, 1.807) is 48.5 Å². The van der Waals surface area contributed by atoms with E-state index in [9.17, 15) is 9.59 Å². The number of fused-ring (bicyclic) bond motifs is 1. The van der Waals surface area contributed by atoms with Crippen LogP contribution in [-0.4, -0.2) is 23.0 Å². The molecule has 1 aliphatic rings. The molecule has 0 aliphatic carbocycles. The molecular weight excluding hydrogens is 451 g/mol. The Bertz CT molecular complexity index is 1190. The van der Waals surface area contributed by atoms with Crippen LogP contribution in [0.2, 0.25) is 5.02 Å². The Balaban J connectivity index is 0.00000289. The number of benzene rings is 3. The van der Waals surface area contributed by atoms with Crippen LogP contribution in [0, 0.1) is 0 Å².